The van der Waals surface area contributed by atoms with E-state index in [2.05, 4.69) is 20.8 Å². The molecule has 0 aromatic heterocycles. The summed E-state index contributed by atoms with van der Waals surface area (Å²) in [6.45, 7) is 6.52. The van der Waals surface area contributed by atoms with Crippen LogP contribution in [0, 0.1) is 23.2 Å². The smallest absolute Gasteiger partial charge is 0.139 e. The average molecular weight is 224 g/mol. The van der Waals surface area contributed by atoms with E-state index in [-0.39, 0.29) is 11.3 Å². The monoisotopic (exact) mass is 224 g/mol. The van der Waals surface area contributed by atoms with Gasteiger partial charge in [0.1, 0.15) is 5.78 Å². The van der Waals surface area contributed by atoms with Gasteiger partial charge in [-0.2, -0.15) is 0 Å². The summed E-state index contributed by atoms with van der Waals surface area (Å²) in [5.41, 5.74) is 0.0835. The minimum atomic E-state index is -0.397. The second kappa shape index (κ2) is 4.14. The number of carbonyl (C=O) groups excluding carboxylic acids is 1. The Bertz CT molecular complexity index is 284. The van der Waals surface area contributed by atoms with Gasteiger partial charge < -0.3 is 5.11 Å². The number of aliphatic hydroxyl groups is 1. The van der Waals surface area contributed by atoms with E-state index in [9.17, 15) is 9.90 Å². The highest BCUT2D eigenvalue weighted by molar-refractivity contribution is 5.83. The number of aliphatic hydroxyl groups excluding tert-OH is 1. The number of fused-ring (bicyclic) bond motifs is 1. The molecule has 0 heterocycles. The number of Topliss-reactive ketones (excluding diaryl/α,β-unsaturated/α-hetero) is 1. The van der Waals surface area contributed by atoms with Crippen LogP contribution in [0.3, 0.4) is 0 Å². The van der Waals surface area contributed by atoms with Gasteiger partial charge in [0.25, 0.3) is 0 Å². The van der Waals surface area contributed by atoms with Crippen molar-refractivity contribution in [3.05, 3.63) is 0 Å². The molecule has 2 saturated carbocycles. The lowest BCUT2D eigenvalue weighted by Gasteiger charge is -2.50. The summed E-state index contributed by atoms with van der Waals surface area (Å²) in [5.74, 6) is 1.03. The number of carbonyl (C=O) groups is 1. The minimum Gasteiger partial charge on any atom is -0.392 e. The minimum absolute atomic E-state index is 0.0811. The van der Waals surface area contributed by atoms with E-state index in [1.54, 1.807) is 0 Å². The molecule has 0 bridgehead atoms. The zero-order chi connectivity index (χ0) is 11.9. The van der Waals surface area contributed by atoms with Crippen molar-refractivity contribution >= 4 is 5.78 Å². The van der Waals surface area contributed by atoms with Crippen molar-refractivity contribution < 1.29 is 9.90 Å². The lowest BCUT2D eigenvalue weighted by atomic mass is 9.55. The average Bonchev–Trinajstić information content (AvgIpc) is 2.16. The molecule has 1 N–H and O–H groups in total. The predicted octanol–water partition coefficient (Wildman–Crippen LogP) is 2.79. The van der Waals surface area contributed by atoms with Gasteiger partial charge in [-0.05, 0) is 42.9 Å². The van der Waals surface area contributed by atoms with Crippen molar-refractivity contribution in [2.24, 2.45) is 23.2 Å². The first kappa shape index (κ1) is 12.1. The van der Waals surface area contributed by atoms with Crippen molar-refractivity contribution in [3.8, 4) is 0 Å². The molecule has 0 aromatic carbocycles. The second-order valence-corrected chi connectivity index (χ2v) is 6.39. The summed E-state index contributed by atoms with van der Waals surface area (Å²) >= 11 is 0. The van der Waals surface area contributed by atoms with Gasteiger partial charge in [-0.3, -0.25) is 4.79 Å². The Morgan fingerprint density at radius 2 is 2.06 bits per heavy atom. The van der Waals surface area contributed by atoms with E-state index in [0.717, 1.165) is 25.7 Å². The molecule has 92 valence electrons. The number of rotatable bonds is 1. The van der Waals surface area contributed by atoms with Crippen LogP contribution in [0.2, 0.25) is 0 Å². The lowest BCUT2D eigenvalue weighted by Crippen LogP contribution is -2.52. The predicted molar refractivity (Wildman–Crippen MR) is 64.0 cm³/mol. The highest BCUT2D eigenvalue weighted by Crippen LogP contribution is 2.51. The van der Waals surface area contributed by atoms with Crippen molar-refractivity contribution in [1.29, 1.82) is 0 Å². The van der Waals surface area contributed by atoms with Crippen LogP contribution >= 0.6 is 0 Å². The molecular weight excluding hydrogens is 200 g/mol. The Kier molecular flexibility index (Phi) is 3.13. The third-order valence-electron chi connectivity index (χ3n) is 4.95. The summed E-state index contributed by atoms with van der Waals surface area (Å²) in [6, 6.07) is 0. The molecule has 2 aliphatic carbocycles. The fourth-order valence-corrected chi connectivity index (χ4v) is 3.89. The molecule has 0 aliphatic heterocycles. The molecular formula is C14H24O2. The van der Waals surface area contributed by atoms with Crippen LogP contribution in [-0.4, -0.2) is 17.0 Å². The zero-order valence-corrected chi connectivity index (χ0v) is 10.7. The van der Waals surface area contributed by atoms with Gasteiger partial charge in [0.05, 0.1) is 6.10 Å². The van der Waals surface area contributed by atoms with Gasteiger partial charge >= 0.3 is 0 Å². The van der Waals surface area contributed by atoms with E-state index >= 15 is 0 Å². The van der Waals surface area contributed by atoms with Crippen LogP contribution in [0.1, 0.15) is 52.9 Å². The molecule has 0 saturated heterocycles. The molecule has 2 fully saturated rings. The molecule has 0 spiro atoms. The SMILES string of the molecule is CC(C)[C@@H]1CC[C@@]2(C)CCCC(=O)[C@@H]2[C@@H]1O. The van der Waals surface area contributed by atoms with Gasteiger partial charge in [0.2, 0.25) is 0 Å². The van der Waals surface area contributed by atoms with Crippen LogP contribution in [0.5, 0.6) is 0 Å². The topological polar surface area (TPSA) is 37.3 Å². The molecule has 2 nitrogen and oxygen atoms in total. The molecule has 0 radical (unpaired) electrons. The Hall–Kier alpha value is -0.370. The third kappa shape index (κ3) is 1.81. The van der Waals surface area contributed by atoms with Gasteiger partial charge in [-0.1, -0.05) is 20.8 Å². The van der Waals surface area contributed by atoms with E-state index in [0.29, 0.717) is 24.0 Å². The van der Waals surface area contributed by atoms with Gasteiger partial charge in [-0.25, -0.2) is 0 Å². The van der Waals surface area contributed by atoms with E-state index in [1.807, 2.05) is 0 Å². The Morgan fingerprint density at radius 3 is 2.69 bits per heavy atom. The normalized spacial score (nSPS) is 44.6. The van der Waals surface area contributed by atoms with E-state index in [4.69, 9.17) is 0 Å². The van der Waals surface area contributed by atoms with Gasteiger partial charge in [0, 0.05) is 12.3 Å². The first-order valence-corrected chi connectivity index (χ1v) is 6.66. The third-order valence-corrected chi connectivity index (χ3v) is 4.95. The van der Waals surface area contributed by atoms with Crippen LogP contribution in [0.15, 0.2) is 0 Å². The van der Waals surface area contributed by atoms with Crippen molar-refractivity contribution in [1.82, 2.24) is 0 Å². The highest BCUT2D eigenvalue weighted by Gasteiger charge is 2.51. The highest BCUT2D eigenvalue weighted by atomic mass is 16.3. The van der Waals surface area contributed by atoms with Crippen LogP contribution in [0.25, 0.3) is 0 Å². The molecule has 4 atom stereocenters. The molecule has 0 aromatic rings. The largest absolute Gasteiger partial charge is 0.392 e. The molecule has 2 heteroatoms. The van der Waals surface area contributed by atoms with Gasteiger partial charge in [0.15, 0.2) is 0 Å². The van der Waals surface area contributed by atoms with E-state index < -0.39 is 6.10 Å². The maximum Gasteiger partial charge on any atom is 0.139 e. The maximum absolute atomic E-state index is 12.1. The number of ketones is 1. The summed E-state index contributed by atoms with van der Waals surface area (Å²) < 4.78 is 0. The number of hydrogen-bond acceptors (Lipinski definition) is 2. The van der Waals surface area contributed by atoms with Crippen molar-refractivity contribution in [2.75, 3.05) is 0 Å². The van der Waals surface area contributed by atoms with Crippen LogP contribution in [0.4, 0.5) is 0 Å². The fraction of sp³-hybridized carbons (Fsp3) is 0.929. The summed E-state index contributed by atoms with van der Waals surface area (Å²) in [4.78, 5) is 12.1. The molecule has 0 unspecified atom stereocenters. The maximum atomic E-state index is 12.1. The van der Waals surface area contributed by atoms with Crippen LogP contribution in [-0.2, 0) is 4.79 Å². The van der Waals surface area contributed by atoms with Gasteiger partial charge in [-0.15, -0.1) is 0 Å². The summed E-state index contributed by atoms with van der Waals surface area (Å²) in [7, 11) is 0. The van der Waals surface area contributed by atoms with E-state index in [1.165, 1.54) is 0 Å². The lowest BCUT2D eigenvalue weighted by molar-refractivity contribution is -0.147. The Labute approximate surface area is 98.4 Å². The Morgan fingerprint density at radius 1 is 1.38 bits per heavy atom. The fourth-order valence-electron chi connectivity index (χ4n) is 3.89. The Balaban J connectivity index is 2.24. The van der Waals surface area contributed by atoms with Crippen molar-refractivity contribution in [2.45, 2.75) is 59.0 Å². The molecule has 2 rings (SSSR count). The molecule has 2 aliphatic rings. The van der Waals surface area contributed by atoms with Crippen molar-refractivity contribution in [3.63, 3.8) is 0 Å². The summed E-state index contributed by atoms with van der Waals surface area (Å²) in [5, 5.41) is 10.4. The second-order valence-electron chi connectivity index (χ2n) is 6.39. The number of hydrogen-bond donors (Lipinski definition) is 1. The summed E-state index contributed by atoms with van der Waals surface area (Å²) in [6.07, 6.45) is 4.62. The first-order valence-electron chi connectivity index (χ1n) is 6.66. The standard InChI is InChI=1S/C14H24O2/c1-9(2)10-6-8-14(3)7-4-5-11(15)12(14)13(10)16/h9-10,12-13,16H,4-8H2,1-3H3/t10-,12+,13+,14+/m0/s1. The first-order chi connectivity index (χ1) is 7.46. The zero-order valence-electron chi connectivity index (χ0n) is 10.7. The molecule has 16 heavy (non-hydrogen) atoms. The molecule has 0 amide bonds. The van der Waals surface area contributed by atoms with Crippen LogP contribution < -0.4 is 0 Å². The quantitative estimate of drug-likeness (QED) is 0.743.